The maximum Gasteiger partial charge on any atom is 0.326 e. The number of carbonyl (C=O) groups excluding carboxylic acids is 5. The number of aliphatic hydroxyl groups excluding tert-OH is 1. The maximum atomic E-state index is 12.8. The Labute approximate surface area is 199 Å². The van der Waals surface area contributed by atoms with E-state index < -0.39 is 72.2 Å². The number of aliphatic carboxylic acids is 1. The van der Waals surface area contributed by atoms with Crippen LogP contribution in [0.25, 0.3) is 0 Å². The zero-order valence-electron chi connectivity index (χ0n) is 18.9. The molecule has 12 N–H and O–H groups in total. The lowest BCUT2D eigenvalue weighted by atomic mass is 10.1. The first-order valence-electron chi connectivity index (χ1n) is 10.4. The first-order valence-corrected chi connectivity index (χ1v) is 10.4. The fourth-order valence-electron chi connectivity index (χ4n) is 2.88. The summed E-state index contributed by atoms with van der Waals surface area (Å²) in [4.78, 5) is 77.9. The molecule has 1 heterocycles. The molecule has 0 saturated heterocycles. The molecular formula is C19H30N8O8. The number of nitrogens with zero attached hydrogens (tertiary/aromatic N) is 1. The van der Waals surface area contributed by atoms with Crippen molar-refractivity contribution in [2.75, 3.05) is 0 Å². The molecule has 0 aliphatic carbocycles. The molecule has 0 saturated carbocycles. The number of aromatic amines is 1. The molecule has 1 aromatic heterocycles. The van der Waals surface area contributed by atoms with Crippen LogP contribution in [0.2, 0.25) is 0 Å². The number of carbonyl (C=O) groups is 6. The molecule has 1 aromatic rings. The van der Waals surface area contributed by atoms with Crippen LogP contribution >= 0.6 is 0 Å². The largest absolute Gasteiger partial charge is 0.480 e. The summed E-state index contributed by atoms with van der Waals surface area (Å²) in [6.07, 6.45) is -0.0824. The molecule has 194 valence electrons. The van der Waals surface area contributed by atoms with Gasteiger partial charge in [-0.3, -0.25) is 24.0 Å². The average Bonchev–Trinajstić information content (AvgIpc) is 3.26. The Morgan fingerprint density at radius 3 is 2.11 bits per heavy atom. The predicted octanol–water partition coefficient (Wildman–Crippen LogP) is -4.66. The summed E-state index contributed by atoms with van der Waals surface area (Å²) in [5.74, 6) is -5.97. The van der Waals surface area contributed by atoms with E-state index in [1.54, 1.807) is 0 Å². The van der Waals surface area contributed by atoms with Gasteiger partial charge in [0.15, 0.2) is 0 Å². The van der Waals surface area contributed by atoms with E-state index in [9.17, 15) is 39.0 Å². The third-order valence-corrected chi connectivity index (χ3v) is 4.73. The van der Waals surface area contributed by atoms with Gasteiger partial charge < -0.3 is 48.3 Å². The molecule has 5 atom stereocenters. The van der Waals surface area contributed by atoms with E-state index in [4.69, 9.17) is 17.2 Å². The zero-order chi connectivity index (χ0) is 26.7. The van der Waals surface area contributed by atoms with Crippen LogP contribution in [0.15, 0.2) is 12.5 Å². The molecule has 16 nitrogen and oxygen atoms in total. The number of nitrogens with two attached hydrogens (primary N) is 3. The first kappa shape index (κ1) is 29.0. The number of rotatable bonds is 15. The van der Waals surface area contributed by atoms with Gasteiger partial charge in [-0.2, -0.15) is 0 Å². The van der Waals surface area contributed by atoms with E-state index >= 15 is 0 Å². The van der Waals surface area contributed by atoms with Gasteiger partial charge in [-0.25, -0.2) is 9.78 Å². The second kappa shape index (κ2) is 13.6. The van der Waals surface area contributed by atoms with Gasteiger partial charge in [-0.1, -0.05) is 0 Å². The van der Waals surface area contributed by atoms with Crippen LogP contribution in [-0.2, 0) is 35.2 Å². The van der Waals surface area contributed by atoms with Crippen molar-refractivity contribution in [3.05, 3.63) is 18.2 Å². The molecule has 0 fully saturated rings. The number of nitrogens with one attached hydrogen (secondary N) is 4. The Bertz CT molecular complexity index is 920. The van der Waals surface area contributed by atoms with Crippen molar-refractivity contribution >= 4 is 35.5 Å². The Kier molecular flexibility index (Phi) is 11.3. The smallest absolute Gasteiger partial charge is 0.326 e. The SMILES string of the molecule is CC(O)C(NC(=O)C(CCC(N)=O)NC(=O)C(N)CC(N)=O)C(=O)NC(Cc1cnc[nH]1)C(=O)O. The quantitative estimate of drug-likeness (QED) is 0.111. The highest BCUT2D eigenvalue weighted by molar-refractivity contribution is 5.95. The van der Waals surface area contributed by atoms with Crippen molar-refractivity contribution in [3.63, 3.8) is 0 Å². The van der Waals surface area contributed by atoms with Crippen molar-refractivity contribution < 1.29 is 39.0 Å². The fourth-order valence-corrected chi connectivity index (χ4v) is 2.88. The molecule has 35 heavy (non-hydrogen) atoms. The summed E-state index contributed by atoms with van der Waals surface area (Å²) >= 11 is 0. The maximum absolute atomic E-state index is 12.8. The number of hydrogen-bond acceptors (Lipinski definition) is 9. The summed E-state index contributed by atoms with van der Waals surface area (Å²) < 4.78 is 0. The number of primary amides is 2. The van der Waals surface area contributed by atoms with E-state index in [1.165, 1.54) is 19.4 Å². The molecule has 16 heteroatoms. The van der Waals surface area contributed by atoms with Crippen LogP contribution in [0.1, 0.15) is 31.9 Å². The molecular weight excluding hydrogens is 468 g/mol. The molecule has 0 aromatic carbocycles. The monoisotopic (exact) mass is 498 g/mol. The van der Waals surface area contributed by atoms with Crippen molar-refractivity contribution in [3.8, 4) is 0 Å². The standard InChI is InChI=1S/C19H30N8O8/c1-8(28)15(18(33)26-12(19(34)35)4-9-6-23-7-24-9)27-17(32)11(2-3-13(21)29)25-16(31)10(20)5-14(22)30/h6-8,10-12,15,28H,2-5,20H2,1H3,(H2,21,29)(H2,22,30)(H,23,24)(H,25,31)(H,26,33)(H,27,32)(H,34,35). The van der Waals surface area contributed by atoms with Crippen molar-refractivity contribution in [1.29, 1.82) is 0 Å². The molecule has 1 rings (SSSR count). The highest BCUT2D eigenvalue weighted by Gasteiger charge is 2.33. The Morgan fingerprint density at radius 1 is 1.00 bits per heavy atom. The van der Waals surface area contributed by atoms with E-state index in [1.807, 2.05) is 0 Å². The summed E-state index contributed by atoms with van der Waals surface area (Å²) in [6, 6.07) is -5.86. The minimum absolute atomic E-state index is 0.156. The topological polar surface area (TPSA) is 286 Å². The minimum Gasteiger partial charge on any atom is -0.480 e. The van der Waals surface area contributed by atoms with E-state index in [2.05, 4.69) is 25.9 Å². The van der Waals surface area contributed by atoms with Crippen molar-refractivity contribution in [2.24, 2.45) is 17.2 Å². The normalized spacial score (nSPS) is 15.1. The van der Waals surface area contributed by atoms with Gasteiger partial charge in [-0.05, 0) is 13.3 Å². The van der Waals surface area contributed by atoms with Gasteiger partial charge >= 0.3 is 5.97 Å². The fraction of sp³-hybridized carbons (Fsp3) is 0.526. The second-order valence-corrected chi connectivity index (χ2v) is 7.75. The van der Waals surface area contributed by atoms with Crippen LogP contribution in [-0.4, -0.2) is 86.0 Å². The van der Waals surface area contributed by atoms with Crippen molar-refractivity contribution in [1.82, 2.24) is 25.9 Å². The molecule has 0 radical (unpaired) electrons. The van der Waals surface area contributed by atoms with Gasteiger partial charge in [0, 0.05) is 24.7 Å². The number of imidazole rings is 1. The van der Waals surface area contributed by atoms with Crippen LogP contribution in [0.4, 0.5) is 0 Å². The predicted molar refractivity (Wildman–Crippen MR) is 118 cm³/mol. The Hall–Kier alpha value is -4.05. The molecule has 0 spiro atoms. The van der Waals surface area contributed by atoms with Crippen LogP contribution < -0.4 is 33.2 Å². The molecule has 5 unspecified atom stereocenters. The molecule has 0 aliphatic rings. The minimum atomic E-state index is -1.63. The number of H-pyrrole nitrogens is 1. The number of amides is 5. The number of hydrogen-bond donors (Lipinski definition) is 9. The third-order valence-electron chi connectivity index (χ3n) is 4.73. The number of aliphatic hydroxyl groups is 1. The first-order chi connectivity index (χ1) is 16.3. The second-order valence-electron chi connectivity index (χ2n) is 7.75. The van der Waals surface area contributed by atoms with E-state index in [0.717, 1.165) is 0 Å². The van der Waals surface area contributed by atoms with E-state index in [0.29, 0.717) is 5.69 Å². The Balaban J connectivity index is 2.96. The lowest BCUT2D eigenvalue weighted by Gasteiger charge is -2.26. The summed E-state index contributed by atoms with van der Waals surface area (Å²) in [5.41, 5.74) is 16.1. The van der Waals surface area contributed by atoms with Crippen molar-refractivity contribution in [2.45, 2.75) is 62.9 Å². The lowest BCUT2D eigenvalue weighted by molar-refractivity contribution is -0.143. The van der Waals surface area contributed by atoms with Crippen LogP contribution in [0.3, 0.4) is 0 Å². The van der Waals surface area contributed by atoms with Gasteiger partial charge in [0.1, 0.15) is 18.1 Å². The lowest BCUT2D eigenvalue weighted by Crippen LogP contribution is -2.60. The van der Waals surface area contributed by atoms with Crippen LogP contribution in [0, 0.1) is 0 Å². The van der Waals surface area contributed by atoms with Gasteiger partial charge in [0.25, 0.3) is 0 Å². The summed E-state index contributed by atoms with van der Waals surface area (Å²) in [5, 5.41) is 26.1. The van der Waals surface area contributed by atoms with Gasteiger partial charge in [-0.15, -0.1) is 0 Å². The zero-order valence-corrected chi connectivity index (χ0v) is 18.9. The third kappa shape index (κ3) is 10.2. The summed E-state index contributed by atoms with van der Waals surface area (Å²) in [7, 11) is 0. The summed E-state index contributed by atoms with van der Waals surface area (Å²) in [6.45, 7) is 1.18. The highest BCUT2D eigenvalue weighted by Crippen LogP contribution is 2.04. The van der Waals surface area contributed by atoms with Gasteiger partial charge in [0.05, 0.1) is 24.9 Å². The van der Waals surface area contributed by atoms with Gasteiger partial charge in [0.2, 0.25) is 29.5 Å². The molecule has 0 aliphatic heterocycles. The number of aromatic nitrogens is 2. The number of carboxylic acids is 1. The Morgan fingerprint density at radius 2 is 1.63 bits per heavy atom. The van der Waals surface area contributed by atoms with E-state index in [-0.39, 0.29) is 19.3 Å². The average molecular weight is 498 g/mol. The molecule has 0 bridgehead atoms. The number of carboxylic acid groups (broad SMARTS) is 1. The molecule has 5 amide bonds. The van der Waals surface area contributed by atoms with Crippen LogP contribution in [0.5, 0.6) is 0 Å². The highest BCUT2D eigenvalue weighted by atomic mass is 16.4.